The summed E-state index contributed by atoms with van der Waals surface area (Å²) < 4.78 is 15.3. The van der Waals surface area contributed by atoms with Crippen molar-refractivity contribution in [1.29, 1.82) is 0 Å². The number of hydrogen-bond acceptors (Lipinski definition) is 6. The first-order valence-electron chi connectivity index (χ1n) is 10.9. The largest absolute Gasteiger partial charge is 0.353 e. The molecule has 0 radical (unpaired) electrons. The van der Waals surface area contributed by atoms with E-state index in [-0.39, 0.29) is 11.5 Å². The molecule has 0 aliphatic rings. The monoisotopic (exact) mass is 497 g/mol. The number of aromatic nitrogens is 3. The highest BCUT2D eigenvalue weighted by molar-refractivity contribution is 7.75. The molecule has 0 aliphatic heterocycles. The molecule has 10 heteroatoms. The van der Waals surface area contributed by atoms with Crippen LogP contribution in [-0.2, 0) is 11.6 Å². The highest BCUT2D eigenvalue weighted by Gasteiger charge is 2.23. The van der Waals surface area contributed by atoms with Crippen molar-refractivity contribution in [2.24, 2.45) is 7.05 Å². The molecule has 0 aliphatic carbocycles. The molecule has 4 rings (SSSR count). The van der Waals surface area contributed by atoms with Gasteiger partial charge in [0.2, 0.25) is 0 Å². The van der Waals surface area contributed by atoms with E-state index in [0.29, 0.717) is 23.1 Å². The molecule has 178 valence electrons. The van der Waals surface area contributed by atoms with Gasteiger partial charge in [0.15, 0.2) is 0 Å². The first-order chi connectivity index (χ1) is 16.0. The molecule has 8 nitrogen and oxygen atoms in total. The van der Waals surface area contributed by atoms with Gasteiger partial charge in [-0.3, -0.25) is 14.6 Å². The number of amides is 1. The van der Waals surface area contributed by atoms with Crippen molar-refractivity contribution in [3.05, 3.63) is 57.9 Å². The van der Waals surface area contributed by atoms with Gasteiger partial charge >= 0.3 is 0 Å². The number of anilines is 2. The summed E-state index contributed by atoms with van der Waals surface area (Å²) in [5, 5.41) is 6.90. The SMILES string of the molecule is CCNC(=O)c1cc2c(-c3sc(P(C)(C)=O)cc3Nc3c(C)ccnc3C)cn(C)c(=O)c2[nH]1. The van der Waals surface area contributed by atoms with Gasteiger partial charge < -0.3 is 24.7 Å². The third-order valence-electron chi connectivity index (χ3n) is 5.65. The lowest BCUT2D eigenvalue weighted by atomic mass is 10.1. The number of nitrogens with zero attached hydrogens (tertiary/aromatic N) is 2. The summed E-state index contributed by atoms with van der Waals surface area (Å²) >= 11 is 1.43. The average Bonchev–Trinajstić information content (AvgIpc) is 3.39. The molecule has 0 aromatic carbocycles. The van der Waals surface area contributed by atoms with E-state index in [4.69, 9.17) is 0 Å². The highest BCUT2D eigenvalue weighted by Crippen LogP contribution is 2.46. The number of aryl methyl sites for hydroxylation is 3. The number of H-pyrrole nitrogens is 1. The van der Waals surface area contributed by atoms with E-state index in [1.807, 2.05) is 32.9 Å². The number of carbonyl (C=O) groups excluding carboxylic acids is 1. The second-order valence-corrected chi connectivity index (χ2v) is 13.2. The van der Waals surface area contributed by atoms with Gasteiger partial charge in [-0.2, -0.15) is 0 Å². The topological polar surface area (TPSA) is 109 Å². The zero-order valence-corrected chi connectivity index (χ0v) is 21.8. The number of fused-ring (bicyclic) bond motifs is 1. The lowest BCUT2D eigenvalue weighted by molar-refractivity contribution is 0.0951. The maximum absolute atomic E-state index is 13.0. The first kappa shape index (κ1) is 24.0. The second-order valence-electron chi connectivity index (χ2n) is 8.68. The van der Waals surface area contributed by atoms with Crippen molar-refractivity contribution in [3.8, 4) is 10.4 Å². The number of rotatable bonds is 6. The molecule has 0 unspecified atom stereocenters. The maximum atomic E-state index is 13.0. The van der Waals surface area contributed by atoms with Crippen molar-refractivity contribution >= 4 is 51.3 Å². The van der Waals surface area contributed by atoms with Crippen LogP contribution in [0.2, 0.25) is 0 Å². The van der Waals surface area contributed by atoms with E-state index in [9.17, 15) is 14.2 Å². The molecule has 4 aromatic heterocycles. The number of carbonyl (C=O) groups is 1. The Hall–Kier alpha value is -3.16. The fraction of sp³-hybridized carbons (Fsp3) is 0.292. The molecule has 0 saturated carbocycles. The molecule has 1 amide bonds. The number of aromatic amines is 1. The van der Waals surface area contributed by atoms with Gasteiger partial charge in [0.05, 0.1) is 26.6 Å². The highest BCUT2D eigenvalue weighted by atomic mass is 32.1. The molecule has 0 saturated heterocycles. The Bertz CT molecular complexity index is 1510. The molecular formula is C24H28N5O3PS. The predicted octanol–water partition coefficient (Wildman–Crippen LogP) is 4.35. The number of hydrogen-bond donors (Lipinski definition) is 3. The Morgan fingerprint density at radius 1 is 1.26 bits per heavy atom. The summed E-state index contributed by atoms with van der Waals surface area (Å²) in [7, 11) is -0.872. The molecule has 34 heavy (non-hydrogen) atoms. The number of thiophene rings is 1. The molecule has 0 fully saturated rings. The summed E-state index contributed by atoms with van der Waals surface area (Å²) in [6, 6.07) is 5.56. The molecular weight excluding hydrogens is 469 g/mol. The van der Waals surface area contributed by atoms with E-state index in [0.717, 1.165) is 37.7 Å². The van der Waals surface area contributed by atoms with Crippen LogP contribution in [0.4, 0.5) is 11.4 Å². The van der Waals surface area contributed by atoms with Gasteiger partial charge in [-0.1, -0.05) is 0 Å². The average molecular weight is 498 g/mol. The van der Waals surface area contributed by atoms with Crippen molar-refractivity contribution in [1.82, 2.24) is 19.9 Å². The van der Waals surface area contributed by atoms with Crippen LogP contribution in [-0.4, -0.2) is 40.3 Å². The van der Waals surface area contributed by atoms with Crippen LogP contribution in [0.25, 0.3) is 21.3 Å². The van der Waals surface area contributed by atoms with Crippen LogP contribution in [0.1, 0.15) is 28.7 Å². The van der Waals surface area contributed by atoms with Crippen LogP contribution < -0.4 is 20.8 Å². The molecule has 0 atom stereocenters. The summed E-state index contributed by atoms with van der Waals surface area (Å²) in [4.78, 5) is 33.6. The van der Waals surface area contributed by atoms with Crippen LogP contribution in [0.5, 0.6) is 0 Å². The lowest BCUT2D eigenvalue weighted by Crippen LogP contribution is -2.23. The van der Waals surface area contributed by atoms with Crippen molar-refractivity contribution in [3.63, 3.8) is 0 Å². The van der Waals surface area contributed by atoms with Gasteiger partial charge in [0, 0.05) is 36.9 Å². The number of nitrogens with one attached hydrogen (secondary N) is 3. The van der Waals surface area contributed by atoms with E-state index >= 15 is 0 Å². The molecule has 4 heterocycles. The van der Waals surface area contributed by atoms with E-state index in [1.165, 1.54) is 15.9 Å². The smallest absolute Gasteiger partial charge is 0.274 e. The van der Waals surface area contributed by atoms with Crippen LogP contribution in [0.3, 0.4) is 0 Å². The van der Waals surface area contributed by atoms with Gasteiger partial charge in [-0.05, 0) is 57.9 Å². The van der Waals surface area contributed by atoms with Gasteiger partial charge in [0.25, 0.3) is 11.5 Å². The molecule has 0 bridgehead atoms. The van der Waals surface area contributed by atoms with Crippen molar-refractivity contribution < 1.29 is 9.36 Å². The maximum Gasteiger partial charge on any atom is 0.274 e. The Labute approximate surface area is 201 Å². The molecule has 3 N–H and O–H groups in total. The summed E-state index contributed by atoms with van der Waals surface area (Å²) in [5.41, 5.74) is 4.77. The van der Waals surface area contributed by atoms with Crippen LogP contribution >= 0.6 is 18.5 Å². The van der Waals surface area contributed by atoms with E-state index < -0.39 is 7.14 Å². The minimum Gasteiger partial charge on any atom is -0.353 e. The van der Waals surface area contributed by atoms with E-state index in [1.54, 1.807) is 38.8 Å². The predicted molar refractivity (Wildman–Crippen MR) is 141 cm³/mol. The van der Waals surface area contributed by atoms with E-state index in [2.05, 4.69) is 20.6 Å². The van der Waals surface area contributed by atoms with Crippen molar-refractivity contribution in [2.45, 2.75) is 20.8 Å². The van der Waals surface area contributed by atoms with Crippen LogP contribution in [0.15, 0.2) is 35.4 Å². The summed E-state index contributed by atoms with van der Waals surface area (Å²) in [6.45, 7) is 9.74. The first-order valence-corrected chi connectivity index (χ1v) is 14.3. The molecule has 0 spiro atoms. The lowest BCUT2D eigenvalue weighted by Gasteiger charge is -2.13. The van der Waals surface area contributed by atoms with Crippen LogP contribution in [0, 0.1) is 13.8 Å². The minimum atomic E-state index is -2.55. The van der Waals surface area contributed by atoms with Gasteiger partial charge in [0.1, 0.15) is 18.4 Å². The fourth-order valence-corrected chi connectivity index (χ4v) is 6.32. The third kappa shape index (κ3) is 4.33. The Kier molecular flexibility index (Phi) is 6.27. The fourth-order valence-electron chi connectivity index (χ4n) is 3.85. The van der Waals surface area contributed by atoms with Gasteiger partial charge in [-0.25, -0.2) is 0 Å². The zero-order valence-electron chi connectivity index (χ0n) is 20.1. The summed E-state index contributed by atoms with van der Waals surface area (Å²) in [6.07, 6.45) is 3.53. The quantitative estimate of drug-likeness (QED) is 0.343. The normalized spacial score (nSPS) is 11.7. The number of pyridine rings is 2. The Morgan fingerprint density at radius 2 is 2.00 bits per heavy atom. The second kappa shape index (κ2) is 8.89. The zero-order chi connectivity index (χ0) is 24.8. The Balaban J connectivity index is 1.98. The van der Waals surface area contributed by atoms with Gasteiger partial charge in [-0.15, -0.1) is 11.3 Å². The molecule has 4 aromatic rings. The minimum absolute atomic E-state index is 0.226. The standard InChI is InChI=1S/C24H28N5O3PS/c1-7-25-23(30)18-10-15-16(12-29(4)24(31)21(15)28-18)22-17(11-19(34-22)33(5,6)32)27-20-13(2)8-9-26-14(20)3/h8-12,27-28H,7H2,1-6H3,(H,25,30). The summed E-state index contributed by atoms with van der Waals surface area (Å²) in [5.74, 6) is -0.273. The third-order valence-corrected chi connectivity index (χ3v) is 9.40. The Morgan fingerprint density at radius 3 is 2.65 bits per heavy atom. The van der Waals surface area contributed by atoms with Crippen molar-refractivity contribution in [2.75, 3.05) is 25.2 Å².